The Morgan fingerprint density at radius 1 is 0.941 bits per heavy atom. The van der Waals surface area contributed by atoms with Gasteiger partial charge in [0.1, 0.15) is 0 Å². The summed E-state index contributed by atoms with van der Waals surface area (Å²) < 4.78 is 12.0. The second-order valence-corrected chi connectivity index (χ2v) is 9.74. The molecule has 0 fully saturated rings. The van der Waals surface area contributed by atoms with Gasteiger partial charge in [-0.25, -0.2) is 0 Å². The first kappa shape index (κ1) is 24.0. The second kappa shape index (κ2) is 9.61. The minimum absolute atomic E-state index is 0.104. The maximum absolute atomic E-state index is 13.7. The molecule has 0 saturated heterocycles. The first-order valence-corrected chi connectivity index (χ1v) is 11.6. The third-order valence-electron chi connectivity index (χ3n) is 5.90. The van der Waals surface area contributed by atoms with E-state index < -0.39 is 11.1 Å². The van der Waals surface area contributed by atoms with E-state index >= 15 is 0 Å². The molecule has 0 bridgehead atoms. The maximum atomic E-state index is 13.7. The minimum Gasteiger partial charge on any atom is -0.465 e. The van der Waals surface area contributed by atoms with Gasteiger partial charge in [-0.15, -0.1) is 0 Å². The van der Waals surface area contributed by atoms with Crippen LogP contribution in [0.25, 0.3) is 0 Å². The number of carbonyl (C=O) groups is 2. The van der Waals surface area contributed by atoms with Gasteiger partial charge >= 0.3 is 5.97 Å². The highest BCUT2D eigenvalue weighted by Crippen LogP contribution is 2.47. The van der Waals surface area contributed by atoms with Crippen LogP contribution in [0.15, 0.2) is 78.9 Å². The number of halogens is 1. The van der Waals surface area contributed by atoms with Gasteiger partial charge in [0.2, 0.25) is 0 Å². The average Bonchev–Trinajstić information content (AvgIpc) is 3.06. The maximum Gasteiger partial charge on any atom is 0.302 e. The molecule has 1 amide bonds. The average molecular weight is 478 g/mol. The number of fused-ring (bicyclic) bond motifs is 1. The molecule has 0 spiro atoms. The van der Waals surface area contributed by atoms with Gasteiger partial charge < -0.3 is 9.47 Å². The smallest absolute Gasteiger partial charge is 0.302 e. The highest BCUT2D eigenvalue weighted by atomic mass is 35.5. The number of amides is 1. The number of hydrogen-bond donors (Lipinski definition) is 0. The van der Waals surface area contributed by atoms with Crippen LogP contribution in [0, 0.1) is 5.41 Å². The van der Waals surface area contributed by atoms with Crippen LogP contribution in [0.3, 0.4) is 0 Å². The molecule has 4 rings (SSSR count). The van der Waals surface area contributed by atoms with Crippen molar-refractivity contribution in [2.24, 2.45) is 5.41 Å². The van der Waals surface area contributed by atoms with Crippen molar-refractivity contribution in [2.45, 2.75) is 33.0 Å². The fraction of sp³-hybridized carbons (Fsp3) is 0.286. The molecule has 1 aliphatic rings. The van der Waals surface area contributed by atoms with Crippen LogP contribution >= 0.6 is 11.6 Å². The first-order chi connectivity index (χ1) is 16.2. The molecule has 0 saturated carbocycles. The van der Waals surface area contributed by atoms with Crippen molar-refractivity contribution in [2.75, 3.05) is 13.2 Å². The van der Waals surface area contributed by atoms with E-state index in [0.717, 1.165) is 16.7 Å². The molecule has 1 unspecified atom stereocenters. The zero-order chi connectivity index (χ0) is 24.3. The van der Waals surface area contributed by atoms with E-state index in [-0.39, 0.29) is 25.1 Å². The van der Waals surface area contributed by atoms with Gasteiger partial charge in [-0.1, -0.05) is 86.1 Å². The van der Waals surface area contributed by atoms with Gasteiger partial charge in [0.15, 0.2) is 5.72 Å². The number of rotatable bonds is 8. The molecule has 176 valence electrons. The standard InChI is InChI=1S/C28H28ClNO4/c1-20(31)33-18-27(2,3)19-34-28(22-13-15-23(29)16-14-22)25-12-8-7-11-24(25)26(32)30(28)17-21-9-5-4-6-10-21/h4-16H,17-19H2,1-3H3. The Kier molecular flexibility index (Phi) is 6.78. The van der Waals surface area contributed by atoms with E-state index in [1.54, 1.807) is 17.0 Å². The van der Waals surface area contributed by atoms with E-state index in [9.17, 15) is 9.59 Å². The van der Waals surface area contributed by atoms with Gasteiger partial charge in [-0.2, -0.15) is 0 Å². The number of esters is 1. The van der Waals surface area contributed by atoms with Crippen LogP contribution in [0.4, 0.5) is 0 Å². The Hall–Kier alpha value is -3.15. The normalized spacial score (nSPS) is 17.5. The third-order valence-corrected chi connectivity index (χ3v) is 6.16. The van der Waals surface area contributed by atoms with Crippen molar-refractivity contribution >= 4 is 23.5 Å². The van der Waals surface area contributed by atoms with Crippen LogP contribution < -0.4 is 0 Å². The van der Waals surface area contributed by atoms with Gasteiger partial charge in [0.25, 0.3) is 5.91 Å². The Morgan fingerprint density at radius 2 is 1.59 bits per heavy atom. The van der Waals surface area contributed by atoms with Crippen LogP contribution in [0.2, 0.25) is 5.02 Å². The first-order valence-electron chi connectivity index (χ1n) is 11.2. The van der Waals surface area contributed by atoms with Crippen LogP contribution in [0.5, 0.6) is 0 Å². The quantitative estimate of drug-likeness (QED) is 0.384. The van der Waals surface area contributed by atoms with Crippen molar-refractivity contribution in [3.05, 3.63) is 106 Å². The highest BCUT2D eigenvalue weighted by Gasteiger charge is 2.52. The van der Waals surface area contributed by atoms with Crippen LogP contribution in [0.1, 0.15) is 47.8 Å². The fourth-order valence-electron chi connectivity index (χ4n) is 4.21. The summed E-state index contributed by atoms with van der Waals surface area (Å²) in [6.07, 6.45) is 0. The highest BCUT2D eigenvalue weighted by molar-refractivity contribution is 6.30. The summed E-state index contributed by atoms with van der Waals surface area (Å²) in [5, 5.41) is 0.598. The van der Waals surface area contributed by atoms with E-state index in [1.165, 1.54) is 6.92 Å². The Balaban J connectivity index is 1.83. The van der Waals surface area contributed by atoms with E-state index in [1.807, 2.05) is 80.6 Å². The number of nitrogens with zero attached hydrogens (tertiary/aromatic N) is 1. The summed E-state index contributed by atoms with van der Waals surface area (Å²) >= 11 is 6.21. The molecule has 1 heterocycles. The molecular formula is C28H28ClNO4. The number of benzene rings is 3. The predicted molar refractivity (Wildman–Crippen MR) is 131 cm³/mol. The largest absolute Gasteiger partial charge is 0.465 e. The summed E-state index contributed by atoms with van der Waals surface area (Å²) in [6, 6.07) is 24.8. The van der Waals surface area contributed by atoms with E-state index in [0.29, 0.717) is 17.1 Å². The summed E-state index contributed by atoms with van der Waals surface area (Å²) in [6.45, 7) is 6.13. The molecule has 5 nitrogen and oxygen atoms in total. The topological polar surface area (TPSA) is 55.8 Å². The Bertz CT molecular complexity index is 1180. The summed E-state index contributed by atoms with van der Waals surface area (Å²) in [4.78, 5) is 26.9. The van der Waals surface area contributed by atoms with Gasteiger partial charge in [0, 0.05) is 40.6 Å². The molecule has 0 aliphatic carbocycles. The van der Waals surface area contributed by atoms with Gasteiger partial charge in [-0.3, -0.25) is 14.5 Å². The molecule has 0 radical (unpaired) electrons. The lowest BCUT2D eigenvalue weighted by Gasteiger charge is -2.41. The lowest BCUT2D eigenvalue weighted by molar-refractivity contribution is -0.155. The zero-order valence-electron chi connectivity index (χ0n) is 19.6. The molecular weight excluding hydrogens is 450 g/mol. The fourth-order valence-corrected chi connectivity index (χ4v) is 4.34. The molecule has 1 atom stereocenters. The number of ether oxygens (including phenoxy) is 2. The summed E-state index contributed by atoms with van der Waals surface area (Å²) in [7, 11) is 0. The van der Waals surface area contributed by atoms with Crippen LogP contribution in [-0.4, -0.2) is 30.0 Å². The van der Waals surface area contributed by atoms with Crippen molar-refractivity contribution in [3.63, 3.8) is 0 Å². The predicted octanol–water partition coefficient (Wildman–Crippen LogP) is 5.80. The second-order valence-electron chi connectivity index (χ2n) is 9.31. The zero-order valence-corrected chi connectivity index (χ0v) is 20.3. The van der Waals surface area contributed by atoms with Crippen molar-refractivity contribution in [3.8, 4) is 0 Å². The molecule has 3 aromatic rings. The van der Waals surface area contributed by atoms with Crippen molar-refractivity contribution in [1.82, 2.24) is 4.90 Å². The molecule has 6 heteroatoms. The van der Waals surface area contributed by atoms with E-state index in [4.69, 9.17) is 21.1 Å². The molecule has 3 aromatic carbocycles. The molecule has 34 heavy (non-hydrogen) atoms. The monoisotopic (exact) mass is 477 g/mol. The lowest BCUT2D eigenvalue weighted by atomic mass is 9.91. The summed E-state index contributed by atoms with van der Waals surface area (Å²) in [5.74, 6) is -0.445. The van der Waals surface area contributed by atoms with E-state index in [2.05, 4.69) is 0 Å². The molecule has 0 aromatic heterocycles. The van der Waals surface area contributed by atoms with Gasteiger partial charge in [0.05, 0.1) is 13.2 Å². The molecule has 1 aliphatic heterocycles. The Labute approximate surface area is 205 Å². The number of carbonyl (C=O) groups excluding carboxylic acids is 2. The minimum atomic E-state index is -1.17. The lowest BCUT2D eigenvalue weighted by Crippen LogP contribution is -2.48. The van der Waals surface area contributed by atoms with Crippen LogP contribution in [-0.2, 0) is 26.5 Å². The van der Waals surface area contributed by atoms with Crippen molar-refractivity contribution < 1.29 is 19.1 Å². The molecule has 0 N–H and O–H groups in total. The SMILES string of the molecule is CC(=O)OCC(C)(C)COC1(c2ccc(Cl)cc2)c2ccccc2C(=O)N1Cc1ccccc1. The van der Waals surface area contributed by atoms with Gasteiger partial charge in [-0.05, 0) is 23.8 Å². The summed E-state index contributed by atoms with van der Waals surface area (Å²) in [5.41, 5.74) is 1.53. The van der Waals surface area contributed by atoms with Crippen molar-refractivity contribution in [1.29, 1.82) is 0 Å². The third kappa shape index (κ3) is 4.72. The number of hydrogen-bond acceptors (Lipinski definition) is 4. The Morgan fingerprint density at radius 3 is 2.26 bits per heavy atom.